The molecule has 0 radical (unpaired) electrons. The number of benzene rings is 2. The summed E-state index contributed by atoms with van der Waals surface area (Å²) in [7, 11) is -1.34. The van der Waals surface area contributed by atoms with Crippen LogP contribution in [0.1, 0.15) is 11.3 Å². The first kappa shape index (κ1) is 21.1. The van der Waals surface area contributed by atoms with Crippen LogP contribution in [0.15, 0.2) is 46.7 Å². The second-order valence-corrected chi connectivity index (χ2v) is 10.00. The van der Waals surface area contributed by atoms with Crippen molar-refractivity contribution in [1.82, 2.24) is 4.98 Å². The van der Waals surface area contributed by atoms with Gasteiger partial charge in [-0.05, 0) is 36.2 Å². The normalized spacial score (nSPS) is 13.1. The van der Waals surface area contributed by atoms with Gasteiger partial charge in [0, 0.05) is 18.9 Å². The van der Waals surface area contributed by atoms with Crippen molar-refractivity contribution in [3.63, 3.8) is 0 Å². The molecule has 3 rings (SSSR count). The van der Waals surface area contributed by atoms with Gasteiger partial charge in [0.05, 0.1) is 21.8 Å². The van der Waals surface area contributed by atoms with Crippen molar-refractivity contribution in [1.29, 1.82) is 4.78 Å². The number of nitrogens with zero attached hydrogens (tertiary/aromatic N) is 2. The summed E-state index contributed by atoms with van der Waals surface area (Å²) in [5.41, 5.74) is 1.86. The van der Waals surface area contributed by atoms with E-state index in [9.17, 15) is 17.8 Å². The Morgan fingerprint density at radius 1 is 1.21 bits per heavy atom. The van der Waals surface area contributed by atoms with E-state index in [-0.39, 0.29) is 17.9 Å². The van der Waals surface area contributed by atoms with Gasteiger partial charge in [0.1, 0.15) is 15.8 Å². The third kappa shape index (κ3) is 4.68. The molecule has 0 aliphatic heterocycles. The second kappa shape index (κ2) is 8.00. The standard InChI is InChI=1S/C20H19F2N3O2S2/c1-12-19(29(3,23)27)28-20(24-12)25(2)18(26)10-13-4-6-14(7-5-13)16-11-15(21)8-9-17(16)22/h4-9,11,23H,10H2,1-3H3/t29-/m0/s1. The molecular formula is C20H19F2N3O2S2. The van der Waals surface area contributed by atoms with Gasteiger partial charge in [-0.15, -0.1) is 0 Å². The molecule has 0 saturated carbocycles. The number of likely N-dealkylation sites (N-methyl/N-ethyl adjacent to an activating group) is 1. The number of hydrogen-bond acceptors (Lipinski definition) is 5. The molecule has 0 fully saturated rings. The van der Waals surface area contributed by atoms with Crippen LogP contribution in [0.25, 0.3) is 11.1 Å². The van der Waals surface area contributed by atoms with E-state index in [1.165, 1.54) is 11.2 Å². The highest BCUT2D eigenvalue weighted by Gasteiger charge is 2.20. The van der Waals surface area contributed by atoms with E-state index in [1.807, 2.05) is 0 Å². The van der Waals surface area contributed by atoms with Gasteiger partial charge >= 0.3 is 0 Å². The summed E-state index contributed by atoms with van der Waals surface area (Å²) in [5.74, 6) is -1.28. The molecule has 1 N–H and O–H groups in total. The van der Waals surface area contributed by atoms with Gasteiger partial charge in [-0.2, -0.15) is 0 Å². The highest BCUT2D eigenvalue weighted by molar-refractivity contribution is 7.93. The van der Waals surface area contributed by atoms with E-state index in [4.69, 9.17) is 4.78 Å². The number of anilines is 1. The van der Waals surface area contributed by atoms with Crippen LogP contribution in [0, 0.1) is 23.3 Å². The van der Waals surface area contributed by atoms with Crippen molar-refractivity contribution in [3.8, 4) is 11.1 Å². The van der Waals surface area contributed by atoms with Crippen LogP contribution in [0.2, 0.25) is 0 Å². The number of nitrogens with one attached hydrogen (secondary N) is 1. The minimum Gasteiger partial charge on any atom is -0.291 e. The lowest BCUT2D eigenvalue weighted by molar-refractivity contribution is -0.117. The molecule has 1 atom stereocenters. The number of thiazole rings is 1. The predicted molar refractivity (Wildman–Crippen MR) is 111 cm³/mol. The third-order valence-electron chi connectivity index (χ3n) is 4.31. The molecule has 9 heteroatoms. The first-order valence-electron chi connectivity index (χ1n) is 8.58. The summed E-state index contributed by atoms with van der Waals surface area (Å²) in [4.78, 5) is 18.2. The Bertz CT molecular complexity index is 1170. The first-order chi connectivity index (χ1) is 13.6. The minimum absolute atomic E-state index is 0.0821. The fourth-order valence-electron chi connectivity index (χ4n) is 2.79. The molecule has 0 bridgehead atoms. The molecule has 0 unspecified atom stereocenters. The lowest BCUT2D eigenvalue weighted by atomic mass is 10.0. The summed E-state index contributed by atoms with van der Waals surface area (Å²) < 4.78 is 47.4. The zero-order valence-corrected chi connectivity index (χ0v) is 17.7. The average molecular weight is 436 g/mol. The summed E-state index contributed by atoms with van der Waals surface area (Å²) in [5, 5.41) is 0.378. The maximum Gasteiger partial charge on any atom is 0.232 e. The molecular weight excluding hydrogens is 416 g/mol. The Hall–Kier alpha value is -2.65. The number of halogens is 2. The van der Waals surface area contributed by atoms with Gasteiger partial charge in [0.2, 0.25) is 5.91 Å². The zero-order valence-electron chi connectivity index (χ0n) is 16.0. The minimum atomic E-state index is -2.91. The van der Waals surface area contributed by atoms with Crippen molar-refractivity contribution in [2.45, 2.75) is 17.6 Å². The molecule has 1 heterocycles. The van der Waals surface area contributed by atoms with Gasteiger partial charge in [-0.3, -0.25) is 9.69 Å². The van der Waals surface area contributed by atoms with Crippen LogP contribution in [0.3, 0.4) is 0 Å². The highest BCUT2D eigenvalue weighted by atomic mass is 32.2. The van der Waals surface area contributed by atoms with Crippen molar-refractivity contribution in [2.75, 3.05) is 18.2 Å². The number of hydrogen-bond donors (Lipinski definition) is 1. The van der Waals surface area contributed by atoms with Crippen LogP contribution in [0.4, 0.5) is 13.9 Å². The molecule has 0 saturated heterocycles. The van der Waals surface area contributed by atoms with Gasteiger partial charge < -0.3 is 0 Å². The number of rotatable bonds is 5. The molecule has 3 aromatic rings. The summed E-state index contributed by atoms with van der Waals surface area (Å²) in [6.07, 6.45) is 1.40. The van der Waals surface area contributed by atoms with Crippen molar-refractivity contribution >= 4 is 32.1 Å². The van der Waals surface area contributed by atoms with Crippen LogP contribution >= 0.6 is 11.3 Å². The van der Waals surface area contributed by atoms with E-state index in [2.05, 4.69) is 4.98 Å². The van der Waals surface area contributed by atoms with Gasteiger partial charge in [0.15, 0.2) is 5.13 Å². The van der Waals surface area contributed by atoms with Gasteiger partial charge in [-0.25, -0.2) is 22.8 Å². The van der Waals surface area contributed by atoms with E-state index in [1.54, 1.807) is 38.2 Å². The van der Waals surface area contributed by atoms with Crippen molar-refractivity contribution in [3.05, 3.63) is 65.4 Å². The quantitative estimate of drug-likeness (QED) is 0.635. The fraction of sp³-hybridized carbons (Fsp3) is 0.200. The van der Waals surface area contributed by atoms with E-state index >= 15 is 0 Å². The van der Waals surface area contributed by atoms with Crippen LogP contribution in [-0.2, 0) is 20.9 Å². The van der Waals surface area contributed by atoms with Crippen LogP contribution in [0.5, 0.6) is 0 Å². The maximum absolute atomic E-state index is 13.9. The van der Waals surface area contributed by atoms with Gasteiger partial charge in [-0.1, -0.05) is 35.6 Å². The molecule has 2 aromatic carbocycles. The SMILES string of the molecule is Cc1nc(N(C)C(=O)Cc2ccc(-c3cc(F)ccc3F)cc2)sc1[S@@](C)(=N)=O. The Balaban J connectivity index is 1.76. The van der Waals surface area contributed by atoms with Crippen LogP contribution in [-0.4, -0.2) is 28.4 Å². The number of amides is 1. The molecule has 152 valence electrons. The Kier molecular flexibility index (Phi) is 5.81. The number of aryl methyl sites for hydroxylation is 1. The lowest BCUT2D eigenvalue weighted by Gasteiger charge is -2.14. The summed E-state index contributed by atoms with van der Waals surface area (Å²) >= 11 is 1.07. The number of carbonyl (C=O) groups is 1. The molecule has 0 aliphatic rings. The Morgan fingerprint density at radius 2 is 1.86 bits per heavy atom. The van der Waals surface area contributed by atoms with E-state index < -0.39 is 21.4 Å². The molecule has 1 aromatic heterocycles. The van der Waals surface area contributed by atoms with Crippen LogP contribution < -0.4 is 4.90 Å². The predicted octanol–water partition coefficient (Wildman–Crippen LogP) is 4.64. The van der Waals surface area contributed by atoms with E-state index in [0.717, 1.165) is 29.5 Å². The fourth-order valence-corrected chi connectivity index (χ4v) is 5.04. The summed E-state index contributed by atoms with van der Waals surface area (Å²) in [6.45, 7) is 1.66. The van der Waals surface area contributed by atoms with Crippen molar-refractivity contribution < 1.29 is 17.8 Å². The topological polar surface area (TPSA) is 74.1 Å². The largest absolute Gasteiger partial charge is 0.291 e. The molecule has 29 heavy (non-hydrogen) atoms. The molecule has 0 aliphatic carbocycles. The van der Waals surface area contributed by atoms with Gasteiger partial charge in [0.25, 0.3) is 0 Å². The molecule has 5 nitrogen and oxygen atoms in total. The second-order valence-electron chi connectivity index (χ2n) is 6.66. The Labute approximate surface area is 172 Å². The number of aromatic nitrogens is 1. The lowest BCUT2D eigenvalue weighted by Crippen LogP contribution is -2.27. The van der Waals surface area contributed by atoms with Crippen molar-refractivity contribution in [2.24, 2.45) is 0 Å². The third-order valence-corrected chi connectivity index (χ3v) is 7.54. The maximum atomic E-state index is 13.9. The van der Waals surface area contributed by atoms with E-state index in [0.29, 0.717) is 26.2 Å². The monoisotopic (exact) mass is 435 g/mol. The smallest absolute Gasteiger partial charge is 0.232 e. The number of carbonyl (C=O) groups excluding carboxylic acids is 1. The molecule has 0 spiro atoms. The first-order valence-corrected chi connectivity index (χ1v) is 11.4. The summed E-state index contributed by atoms with van der Waals surface area (Å²) in [6, 6.07) is 9.91. The Morgan fingerprint density at radius 3 is 2.45 bits per heavy atom. The molecule has 1 amide bonds. The zero-order chi connectivity index (χ0) is 21.3. The highest BCUT2D eigenvalue weighted by Crippen LogP contribution is 2.30. The average Bonchev–Trinajstić information content (AvgIpc) is 3.06.